The zero-order chi connectivity index (χ0) is 20.0. The first-order chi connectivity index (χ1) is 12.8. The van der Waals surface area contributed by atoms with Crippen LogP contribution in [0.5, 0.6) is 0 Å². The molecule has 0 spiro atoms. The van der Waals surface area contributed by atoms with Crippen LogP contribution in [0, 0.1) is 17.0 Å². The van der Waals surface area contributed by atoms with Crippen molar-refractivity contribution in [3.05, 3.63) is 75.3 Å². The number of rotatable bonds is 5. The van der Waals surface area contributed by atoms with Crippen LogP contribution in [0.3, 0.4) is 0 Å². The molecule has 2 rings (SSSR count). The number of hydrogen-bond acceptors (Lipinski definition) is 6. The number of carbonyl (C=O) groups is 3. The lowest BCUT2D eigenvalue weighted by Crippen LogP contribution is -2.46. The maximum Gasteiger partial charge on any atom is 0.338 e. The molecule has 2 aromatic carbocycles. The number of benzene rings is 2. The molecule has 0 aliphatic rings. The van der Waals surface area contributed by atoms with Crippen LogP contribution in [0.2, 0.25) is 0 Å². The number of esters is 1. The third-order valence-electron chi connectivity index (χ3n) is 3.62. The van der Waals surface area contributed by atoms with Gasteiger partial charge in [-0.3, -0.25) is 30.6 Å². The van der Waals surface area contributed by atoms with E-state index in [1.54, 1.807) is 30.3 Å². The normalized spacial score (nSPS) is 11.2. The molecule has 27 heavy (non-hydrogen) atoms. The predicted octanol–water partition coefficient (Wildman–Crippen LogP) is 1.91. The lowest BCUT2D eigenvalue weighted by Gasteiger charge is -2.14. The molecule has 2 N–H and O–H groups in total. The Labute approximate surface area is 154 Å². The molecule has 0 saturated carbocycles. The fourth-order valence-electron chi connectivity index (χ4n) is 2.15. The molecule has 140 valence electrons. The van der Waals surface area contributed by atoms with E-state index in [9.17, 15) is 24.5 Å². The number of nitrogens with one attached hydrogen (secondary N) is 2. The van der Waals surface area contributed by atoms with Gasteiger partial charge in [-0.1, -0.05) is 18.2 Å². The van der Waals surface area contributed by atoms with Crippen LogP contribution in [0.1, 0.15) is 33.2 Å². The van der Waals surface area contributed by atoms with Crippen molar-refractivity contribution < 1.29 is 24.0 Å². The van der Waals surface area contributed by atoms with E-state index in [0.717, 1.165) is 0 Å². The van der Waals surface area contributed by atoms with Crippen molar-refractivity contribution in [1.29, 1.82) is 0 Å². The number of carbonyl (C=O) groups excluding carboxylic acids is 3. The molecule has 1 atom stereocenters. The molecule has 0 radical (unpaired) electrons. The smallest absolute Gasteiger partial charge is 0.338 e. The number of aryl methyl sites for hydroxylation is 1. The minimum Gasteiger partial charge on any atom is -0.449 e. The van der Waals surface area contributed by atoms with Gasteiger partial charge in [-0.2, -0.15) is 0 Å². The molecule has 0 bridgehead atoms. The van der Waals surface area contributed by atoms with E-state index in [1.165, 1.54) is 32.0 Å². The number of amides is 2. The van der Waals surface area contributed by atoms with Crippen LogP contribution in [0.4, 0.5) is 5.69 Å². The summed E-state index contributed by atoms with van der Waals surface area (Å²) in [5, 5.41) is 10.8. The average molecular weight is 371 g/mol. The van der Waals surface area contributed by atoms with Gasteiger partial charge >= 0.3 is 5.97 Å². The van der Waals surface area contributed by atoms with Crippen molar-refractivity contribution in [3.63, 3.8) is 0 Å². The summed E-state index contributed by atoms with van der Waals surface area (Å²) in [5.41, 5.74) is 4.98. The summed E-state index contributed by atoms with van der Waals surface area (Å²) in [5.74, 6) is -2.07. The van der Waals surface area contributed by atoms with Crippen LogP contribution < -0.4 is 10.9 Å². The standard InChI is InChI=1S/C18H17N3O6/c1-11-10-14(8-9-15(11)21(25)26)18(24)27-12(2)16(22)19-20-17(23)13-6-4-3-5-7-13/h3-10,12H,1-2H3,(H,19,22)(H,20,23)/t12-/m0/s1. The second-order valence-corrected chi connectivity index (χ2v) is 5.62. The first-order valence-corrected chi connectivity index (χ1v) is 7.91. The second-order valence-electron chi connectivity index (χ2n) is 5.62. The average Bonchev–Trinajstić information content (AvgIpc) is 2.65. The molecular formula is C18H17N3O6. The fourth-order valence-corrected chi connectivity index (χ4v) is 2.15. The van der Waals surface area contributed by atoms with Crippen LogP contribution in [-0.2, 0) is 9.53 Å². The third kappa shape index (κ3) is 5.11. The number of ether oxygens (including phenoxy) is 1. The molecule has 0 unspecified atom stereocenters. The van der Waals surface area contributed by atoms with Gasteiger partial charge in [0.25, 0.3) is 17.5 Å². The van der Waals surface area contributed by atoms with Gasteiger partial charge in [0.15, 0.2) is 6.10 Å². The Morgan fingerprint density at radius 3 is 2.30 bits per heavy atom. The summed E-state index contributed by atoms with van der Waals surface area (Å²) in [6, 6.07) is 12.0. The lowest BCUT2D eigenvalue weighted by molar-refractivity contribution is -0.385. The van der Waals surface area contributed by atoms with Gasteiger partial charge in [0.1, 0.15) is 0 Å². The fraction of sp³-hybridized carbons (Fsp3) is 0.167. The highest BCUT2D eigenvalue weighted by Gasteiger charge is 2.21. The first kappa shape index (κ1) is 19.6. The molecular weight excluding hydrogens is 354 g/mol. The summed E-state index contributed by atoms with van der Waals surface area (Å²) < 4.78 is 5.02. The molecule has 0 aliphatic carbocycles. The Morgan fingerprint density at radius 1 is 1.04 bits per heavy atom. The van der Waals surface area contributed by atoms with E-state index in [0.29, 0.717) is 11.1 Å². The number of nitro benzene ring substituents is 1. The minimum atomic E-state index is -1.19. The van der Waals surface area contributed by atoms with Gasteiger partial charge in [-0.25, -0.2) is 4.79 Å². The van der Waals surface area contributed by atoms with E-state index in [4.69, 9.17) is 4.74 Å². The number of hydrazine groups is 1. The Hall–Kier alpha value is -3.75. The molecule has 0 heterocycles. The molecule has 0 fully saturated rings. The van der Waals surface area contributed by atoms with E-state index in [1.807, 2.05) is 0 Å². The molecule has 9 nitrogen and oxygen atoms in total. The second kappa shape index (κ2) is 8.56. The monoisotopic (exact) mass is 371 g/mol. The van der Waals surface area contributed by atoms with Gasteiger partial charge < -0.3 is 4.74 Å². The highest BCUT2D eigenvalue weighted by Crippen LogP contribution is 2.19. The Kier molecular flexibility index (Phi) is 6.21. The summed E-state index contributed by atoms with van der Waals surface area (Å²) in [6.45, 7) is 2.82. The van der Waals surface area contributed by atoms with Crippen molar-refractivity contribution >= 4 is 23.5 Å². The summed E-state index contributed by atoms with van der Waals surface area (Å²) in [6.07, 6.45) is -1.19. The largest absolute Gasteiger partial charge is 0.449 e. The van der Waals surface area contributed by atoms with Crippen LogP contribution in [-0.4, -0.2) is 28.8 Å². The van der Waals surface area contributed by atoms with Gasteiger partial charge in [-0.15, -0.1) is 0 Å². The summed E-state index contributed by atoms with van der Waals surface area (Å²) >= 11 is 0. The first-order valence-electron chi connectivity index (χ1n) is 7.91. The highest BCUT2D eigenvalue weighted by atomic mass is 16.6. The maximum atomic E-state index is 12.1. The highest BCUT2D eigenvalue weighted by molar-refractivity contribution is 5.96. The Balaban J connectivity index is 1.92. The molecule has 9 heteroatoms. The van der Waals surface area contributed by atoms with Crippen LogP contribution in [0.15, 0.2) is 48.5 Å². The SMILES string of the molecule is Cc1cc(C(=O)O[C@@H](C)C(=O)NNC(=O)c2ccccc2)ccc1[N+](=O)[O-]. The van der Waals surface area contributed by atoms with Gasteiger partial charge in [0.2, 0.25) is 0 Å². The van der Waals surface area contributed by atoms with Gasteiger partial charge in [0, 0.05) is 17.2 Å². The topological polar surface area (TPSA) is 128 Å². The van der Waals surface area contributed by atoms with Gasteiger partial charge in [-0.05, 0) is 38.1 Å². The Bertz CT molecular complexity index is 882. The van der Waals surface area contributed by atoms with Crippen molar-refractivity contribution in [2.45, 2.75) is 20.0 Å². The van der Waals surface area contributed by atoms with E-state index >= 15 is 0 Å². The van der Waals surface area contributed by atoms with E-state index < -0.39 is 28.8 Å². The quantitative estimate of drug-likeness (QED) is 0.469. The summed E-state index contributed by atoms with van der Waals surface area (Å²) in [7, 11) is 0. The molecule has 2 amide bonds. The number of nitro groups is 1. The van der Waals surface area contributed by atoms with E-state index in [2.05, 4.69) is 10.9 Å². The number of hydrogen-bond donors (Lipinski definition) is 2. The third-order valence-corrected chi connectivity index (χ3v) is 3.62. The van der Waals surface area contributed by atoms with E-state index in [-0.39, 0.29) is 11.3 Å². The van der Waals surface area contributed by atoms with Crippen molar-refractivity contribution in [1.82, 2.24) is 10.9 Å². The Morgan fingerprint density at radius 2 is 1.70 bits per heavy atom. The molecule has 0 aliphatic heterocycles. The maximum absolute atomic E-state index is 12.1. The zero-order valence-corrected chi connectivity index (χ0v) is 14.6. The summed E-state index contributed by atoms with van der Waals surface area (Å²) in [4.78, 5) is 46.1. The molecule has 0 aromatic heterocycles. The minimum absolute atomic E-state index is 0.0751. The van der Waals surface area contributed by atoms with Crippen LogP contribution in [0.25, 0.3) is 0 Å². The molecule has 2 aromatic rings. The van der Waals surface area contributed by atoms with Crippen molar-refractivity contribution in [3.8, 4) is 0 Å². The van der Waals surface area contributed by atoms with Crippen molar-refractivity contribution in [2.24, 2.45) is 0 Å². The van der Waals surface area contributed by atoms with Crippen molar-refractivity contribution in [2.75, 3.05) is 0 Å². The predicted molar refractivity (Wildman–Crippen MR) is 94.8 cm³/mol. The zero-order valence-electron chi connectivity index (χ0n) is 14.6. The molecule has 0 saturated heterocycles. The van der Waals surface area contributed by atoms with Crippen LogP contribution >= 0.6 is 0 Å². The number of nitrogens with zero attached hydrogens (tertiary/aromatic N) is 1. The van der Waals surface area contributed by atoms with Gasteiger partial charge in [0.05, 0.1) is 10.5 Å². The lowest BCUT2D eigenvalue weighted by atomic mass is 10.1.